The maximum Gasteiger partial charge on any atom is 0.215 e. The minimum atomic E-state index is 0.156. The summed E-state index contributed by atoms with van der Waals surface area (Å²) in [6.45, 7) is 0. The van der Waals surface area contributed by atoms with Gasteiger partial charge in [0.2, 0.25) is 9.54 Å². The molecular formula is C9H8N4OS2. The van der Waals surface area contributed by atoms with E-state index >= 15 is 0 Å². The van der Waals surface area contributed by atoms with E-state index in [0.717, 1.165) is 0 Å². The topological polar surface area (TPSA) is 69.1 Å². The van der Waals surface area contributed by atoms with E-state index in [-0.39, 0.29) is 5.75 Å². The molecule has 0 saturated heterocycles. The van der Waals surface area contributed by atoms with E-state index < -0.39 is 0 Å². The van der Waals surface area contributed by atoms with Gasteiger partial charge in [-0.2, -0.15) is 9.78 Å². The molecule has 1 heterocycles. The first kappa shape index (κ1) is 10.8. The molecule has 0 aliphatic carbocycles. The lowest BCUT2D eigenvalue weighted by molar-refractivity contribution is 0.474. The molecule has 3 N–H and O–H groups in total. The van der Waals surface area contributed by atoms with Gasteiger partial charge in [0.15, 0.2) is 0 Å². The number of aromatic nitrogens is 3. The Morgan fingerprint density at radius 3 is 2.44 bits per heavy atom. The van der Waals surface area contributed by atoms with E-state index in [1.54, 1.807) is 24.3 Å². The number of hydrogen-bond acceptors (Lipinski definition) is 4. The summed E-state index contributed by atoms with van der Waals surface area (Å²) >= 11 is 9.91. The Balaban J connectivity index is 2.40. The van der Waals surface area contributed by atoms with Gasteiger partial charge in [0.05, 0.1) is 6.21 Å². The van der Waals surface area contributed by atoms with Gasteiger partial charge < -0.3 is 5.11 Å². The predicted octanol–water partition coefficient (Wildman–Crippen LogP) is 2.19. The van der Waals surface area contributed by atoms with Crippen molar-refractivity contribution < 1.29 is 5.11 Å². The molecule has 0 fully saturated rings. The molecule has 0 saturated carbocycles. The molecule has 0 aliphatic heterocycles. The average molecular weight is 252 g/mol. The number of H-pyrrole nitrogens is 2. The summed E-state index contributed by atoms with van der Waals surface area (Å²) < 4.78 is 2.10. The normalized spacial score (nSPS) is 11.0. The molecule has 0 radical (unpaired) electrons. The van der Waals surface area contributed by atoms with Crippen LogP contribution in [0.5, 0.6) is 5.75 Å². The number of benzene rings is 1. The van der Waals surface area contributed by atoms with E-state index in [9.17, 15) is 5.11 Å². The van der Waals surface area contributed by atoms with Crippen molar-refractivity contribution in [1.29, 1.82) is 0 Å². The molecule has 2 aromatic rings. The van der Waals surface area contributed by atoms with Gasteiger partial charge in [0.1, 0.15) is 5.75 Å². The zero-order chi connectivity index (χ0) is 11.5. The second-order valence-electron chi connectivity index (χ2n) is 2.98. The minimum Gasteiger partial charge on any atom is -0.507 e. The molecule has 16 heavy (non-hydrogen) atoms. The van der Waals surface area contributed by atoms with E-state index in [1.165, 1.54) is 10.9 Å². The standard InChI is InChI=1S/C9H8N4OS2/c14-7-4-2-1-3-6(7)5-10-13-8(15)11-12-9(13)16/h1-5,14H,(H,11,15)(H,12,16)/b10-5+. The molecule has 82 valence electrons. The Morgan fingerprint density at radius 2 is 1.81 bits per heavy atom. The Kier molecular flexibility index (Phi) is 2.97. The number of nitrogens with zero attached hydrogens (tertiary/aromatic N) is 2. The van der Waals surface area contributed by atoms with E-state index in [0.29, 0.717) is 15.1 Å². The van der Waals surface area contributed by atoms with Crippen LogP contribution in [0.15, 0.2) is 29.4 Å². The maximum atomic E-state index is 9.51. The van der Waals surface area contributed by atoms with Crippen LogP contribution in [0.4, 0.5) is 0 Å². The van der Waals surface area contributed by atoms with Crippen molar-refractivity contribution in [2.24, 2.45) is 5.10 Å². The van der Waals surface area contributed by atoms with Gasteiger partial charge in [-0.1, -0.05) is 12.1 Å². The van der Waals surface area contributed by atoms with Crippen molar-refractivity contribution in [2.45, 2.75) is 0 Å². The van der Waals surface area contributed by atoms with Crippen LogP contribution in [-0.2, 0) is 0 Å². The maximum absolute atomic E-state index is 9.51. The molecule has 5 nitrogen and oxygen atoms in total. The van der Waals surface area contributed by atoms with Crippen LogP contribution in [0.2, 0.25) is 0 Å². The Morgan fingerprint density at radius 1 is 1.19 bits per heavy atom. The summed E-state index contributed by atoms with van der Waals surface area (Å²) in [4.78, 5) is 0. The highest BCUT2D eigenvalue weighted by Crippen LogP contribution is 2.12. The van der Waals surface area contributed by atoms with Crippen LogP contribution in [0.3, 0.4) is 0 Å². The zero-order valence-electron chi connectivity index (χ0n) is 8.04. The zero-order valence-corrected chi connectivity index (χ0v) is 9.68. The van der Waals surface area contributed by atoms with Crippen LogP contribution < -0.4 is 0 Å². The van der Waals surface area contributed by atoms with Gasteiger partial charge in [-0.25, -0.2) is 0 Å². The Labute approximate surface area is 101 Å². The molecule has 7 heteroatoms. The van der Waals surface area contributed by atoms with Gasteiger partial charge in [-0.15, -0.1) is 0 Å². The van der Waals surface area contributed by atoms with Gasteiger partial charge in [-0.05, 0) is 36.6 Å². The first-order chi connectivity index (χ1) is 7.68. The summed E-state index contributed by atoms with van der Waals surface area (Å²) in [5.41, 5.74) is 0.597. The average Bonchev–Trinajstić information content (AvgIpc) is 2.58. The molecular weight excluding hydrogens is 244 g/mol. The third-order valence-corrected chi connectivity index (χ3v) is 2.46. The second kappa shape index (κ2) is 4.42. The third-order valence-electron chi connectivity index (χ3n) is 1.91. The van der Waals surface area contributed by atoms with Gasteiger partial charge >= 0.3 is 0 Å². The van der Waals surface area contributed by atoms with E-state index in [4.69, 9.17) is 24.4 Å². The lowest BCUT2D eigenvalue weighted by Crippen LogP contribution is -1.91. The van der Waals surface area contributed by atoms with Gasteiger partial charge in [0.25, 0.3) is 0 Å². The number of phenolic OH excluding ortho intramolecular Hbond substituents is 1. The predicted molar refractivity (Wildman–Crippen MR) is 65.9 cm³/mol. The summed E-state index contributed by atoms with van der Waals surface area (Å²) in [7, 11) is 0. The summed E-state index contributed by atoms with van der Waals surface area (Å²) in [5.74, 6) is 0.156. The minimum absolute atomic E-state index is 0.156. The van der Waals surface area contributed by atoms with Crippen LogP contribution in [0.1, 0.15) is 5.56 Å². The number of hydrogen-bond donors (Lipinski definition) is 3. The highest BCUT2D eigenvalue weighted by molar-refractivity contribution is 7.72. The summed E-state index contributed by atoms with van der Waals surface area (Å²) in [6.07, 6.45) is 1.49. The lowest BCUT2D eigenvalue weighted by Gasteiger charge is -1.96. The Bertz CT molecular complexity index is 610. The molecule has 0 aliphatic rings. The number of aromatic hydroxyl groups is 1. The number of aromatic amines is 2. The monoisotopic (exact) mass is 252 g/mol. The number of nitrogens with one attached hydrogen (secondary N) is 2. The first-order valence-corrected chi connectivity index (χ1v) is 5.22. The fraction of sp³-hybridized carbons (Fsp3) is 0. The first-order valence-electron chi connectivity index (χ1n) is 4.40. The van der Waals surface area contributed by atoms with Crippen molar-refractivity contribution in [3.05, 3.63) is 39.4 Å². The SMILES string of the molecule is Oc1ccccc1/C=N/n1c(=S)[nH][nH]c1=S. The van der Waals surface area contributed by atoms with Crippen LogP contribution in [0, 0.1) is 9.54 Å². The Hall–Kier alpha value is -1.73. The molecule has 0 atom stereocenters. The van der Waals surface area contributed by atoms with Crippen LogP contribution >= 0.6 is 24.4 Å². The van der Waals surface area contributed by atoms with Crippen LogP contribution in [0.25, 0.3) is 0 Å². The largest absolute Gasteiger partial charge is 0.507 e. The van der Waals surface area contributed by atoms with Crippen molar-refractivity contribution in [2.75, 3.05) is 0 Å². The van der Waals surface area contributed by atoms with Crippen LogP contribution in [-0.4, -0.2) is 26.2 Å². The van der Waals surface area contributed by atoms with Crippen molar-refractivity contribution in [3.8, 4) is 5.75 Å². The summed E-state index contributed by atoms with van der Waals surface area (Å²) in [6, 6.07) is 6.86. The molecule has 1 aromatic carbocycles. The van der Waals surface area contributed by atoms with Gasteiger partial charge in [0, 0.05) is 5.56 Å². The van der Waals surface area contributed by atoms with Crippen molar-refractivity contribution in [3.63, 3.8) is 0 Å². The van der Waals surface area contributed by atoms with Crippen molar-refractivity contribution in [1.82, 2.24) is 14.9 Å². The molecule has 0 spiro atoms. The molecule has 2 rings (SSSR count). The number of para-hydroxylation sites is 1. The highest BCUT2D eigenvalue weighted by Gasteiger charge is 1.96. The van der Waals surface area contributed by atoms with Crippen molar-refractivity contribution >= 4 is 30.7 Å². The fourth-order valence-electron chi connectivity index (χ4n) is 1.13. The van der Waals surface area contributed by atoms with E-state index in [2.05, 4.69) is 15.3 Å². The molecule has 0 amide bonds. The quantitative estimate of drug-likeness (QED) is 0.567. The highest BCUT2D eigenvalue weighted by atomic mass is 32.1. The molecule has 0 unspecified atom stereocenters. The molecule has 1 aromatic heterocycles. The van der Waals surface area contributed by atoms with Gasteiger partial charge in [-0.3, -0.25) is 10.2 Å². The number of phenols is 1. The second-order valence-corrected chi connectivity index (χ2v) is 3.75. The van der Waals surface area contributed by atoms with E-state index in [1.807, 2.05) is 0 Å². The molecule has 0 bridgehead atoms. The third kappa shape index (κ3) is 2.10. The summed E-state index contributed by atoms with van der Waals surface area (Å²) in [5, 5.41) is 18.9. The lowest BCUT2D eigenvalue weighted by atomic mass is 10.2. The fourth-order valence-corrected chi connectivity index (χ4v) is 1.56. The number of rotatable bonds is 2. The smallest absolute Gasteiger partial charge is 0.215 e.